The lowest BCUT2D eigenvalue weighted by atomic mass is 10.2. The molecule has 4 heteroatoms. The molecule has 0 unspecified atom stereocenters. The van der Waals surface area contributed by atoms with Gasteiger partial charge in [-0.05, 0) is 24.2 Å². The number of nitrogens with zero attached hydrogens (tertiary/aromatic N) is 1. The van der Waals surface area contributed by atoms with Crippen LogP contribution in [0.25, 0.3) is 0 Å². The fourth-order valence-corrected chi connectivity index (χ4v) is 2.07. The molecule has 1 nitrogen and oxygen atoms in total. The summed E-state index contributed by atoms with van der Waals surface area (Å²) in [5, 5.41) is 1.39. The molecule has 0 aliphatic heterocycles. The molecule has 84 valence electrons. The van der Waals surface area contributed by atoms with E-state index in [0.29, 0.717) is 10.9 Å². The Bertz CT molecular complexity index is 315. The van der Waals surface area contributed by atoms with Gasteiger partial charge in [0.25, 0.3) is 0 Å². The van der Waals surface area contributed by atoms with Gasteiger partial charge in [0, 0.05) is 29.0 Å². The predicted molar refractivity (Wildman–Crippen MR) is 68.1 cm³/mol. The predicted octanol–water partition coefficient (Wildman–Crippen LogP) is 4.05. The normalized spacial score (nSPS) is 11.0. The lowest BCUT2D eigenvalue weighted by molar-refractivity contribution is 0.298. The third-order valence-electron chi connectivity index (χ3n) is 2.26. The van der Waals surface area contributed by atoms with Crippen LogP contribution in [0.3, 0.4) is 0 Å². The van der Waals surface area contributed by atoms with Crippen LogP contribution in [0, 0.1) is 0 Å². The first-order chi connectivity index (χ1) is 7.17. The topological polar surface area (TPSA) is 3.24 Å². The standard InChI is InChI=1S/C11H14Cl3N/c1-2-15(6-5-12)8-9-3-4-10(13)7-11(9)14/h3-4,7H,2,5-6,8H2,1H3. The van der Waals surface area contributed by atoms with E-state index < -0.39 is 0 Å². The van der Waals surface area contributed by atoms with Crippen molar-refractivity contribution in [3.8, 4) is 0 Å². The van der Waals surface area contributed by atoms with Crippen molar-refractivity contribution in [1.29, 1.82) is 0 Å². The smallest absolute Gasteiger partial charge is 0.0465 e. The van der Waals surface area contributed by atoms with Crippen LogP contribution in [0.1, 0.15) is 12.5 Å². The molecule has 0 aliphatic carbocycles. The highest BCUT2D eigenvalue weighted by atomic mass is 35.5. The van der Waals surface area contributed by atoms with Crippen LogP contribution in [0.2, 0.25) is 10.0 Å². The highest BCUT2D eigenvalue weighted by Crippen LogP contribution is 2.22. The minimum Gasteiger partial charge on any atom is -0.298 e. The third-order valence-corrected chi connectivity index (χ3v) is 3.01. The highest BCUT2D eigenvalue weighted by Gasteiger charge is 2.06. The summed E-state index contributed by atoms with van der Waals surface area (Å²) in [6.45, 7) is 4.76. The van der Waals surface area contributed by atoms with Gasteiger partial charge in [-0.3, -0.25) is 4.90 Å². The van der Waals surface area contributed by atoms with Crippen molar-refractivity contribution in [2.45, 2.75) is 13.5 Å². The van der Waals surface area contributed by atoms with Crippen LogP contribution in [-0.2, 0) is 6.54 Å². The SMILES string of the molecule is CCN(CCCl)Cc1ccc(Cl)cc1Cl. The Morgan fingerprint density at radius 1 is 1.27 bits per heavy atom. The van der Waals surface area contributed by atoms with Crippen molar-refractivity contribution in [1.82, 2.24) is 4.90 Å². The monoisotopic (exact) mass is 265 g/mol. The van der Waals surface area contributed by atoms with Crippen molar-refractivity contribution in [3.63, 3.8) is 0 Å². The van der Waals surface area contributed by atoms with E-state index in [4.69, 9.17) is 34.8 Å². The number of halogens is 3. The molecule has 0 saturated heterocycles. The maximum atomic E-state index is 6.09. The molecule has 1 aromatic rings. The van der Waals surface area contributed by atoms with Crippen molar-refractivity contribution in [2.24, 2.45) is 0 Å². The van der Waals surface area contributed by atoms with Crippen molar-refractivity contribution >= 4 is 34.8 Å². The second kappa shape index (κ2) is 6.59. The summed E-state index contributed by atoms with van der Waals surface area (Å²) in [4.78, 5) is 2.24. The van der Waals surface area contributed by atoms with Gasteiger partial charge in [-0.25, -0.2) is 0 Å². The van der Waals surface area contributed by atoms with E-state index >= 15 is 0 Å². The Morgan fingerprint density at radius 2 is 2.00 bits per heavy atom. The fraction of sp³-hybridized carbons (Fsp3) is 0.455. The number of benzene rings is 1. The molecule has 0 fully saturated rings. The number of rotatable bonds is 5. The molecular formula is C11H14Cl3N. The van der Waals surface area contributed by atoms with E-state index in [0.717, 1.165) is 30.2 Å². The largest absolute Gasteiger partial charge is 0.298 e. The summed E-state index contributed by atoms with van der Waals surface area (Å²) >= 11 is 17.6. The number of hydrogen-bond acceptors (Lipinski definition) is 1. The number of alkyl halides is 1. The summed E-state index contributed by atoms with van der Waals surface area (Å²) in [5.41, 5.74) is 1.09. The summed E-state index contributed by atoms with van der Waals surface area (Å²) in [7, 11) is 0. The molecule has 0 saturated carbocycles. The van der Waals surface area contributed by atoms with Crippen LogP contribution in [0.15, 0.2) is 18.2 Å². The molecule has 0 spiro atoms. The van der Waals surface area contributed by atoms with Crippen LogP contribution in [0.5, 0.6) is 0 Å². The summed E-state index contributed by atoms with van der Waals surface area (Å²) < 4.78 is 0. The molecule has 0 amide bonds. The van der Waals surface area contributed by atoms with Crippen LogP contribution in [0.4, 0.5) is 0 Å². The maximum Gasteiger partial charge on any atom is 0.0465 e. The fourth-order valence-electron chi connectivity index (χ4n) is 1.36. The zero-order valence-corrected chi connectivity index (χ0v) is 10.9. The Hall–Kier alpha value is 0.0500. The van der Waals surface area contributed by atoms with Crippen molar-refractivity contribution in [3.05, 3.63) is 33.8 Å². The second-order valence-corrected chi connectivity index (χ2v) is 4.52. The van der Waals surface area contributed by atoms with Gasteiger partial charge in [-0.1, -0.05) is 36.2 Å². The zero-order valence-electron chi connectivity index (χ0n) is 8.64. The van der Waals surface area contributed by atoms with E-state index in [9.17, 15) is 0 Å². The van der Waals surface area contributed by atoms with Crippen LogP contribution in [-0.4, -0.2) is 23.9 Å². The average Bonchev–Trinajstić information content (AvgIpc) is 2.21. The molecule has 0 aromatic heterocycles. The van der Waals surface area contributed by atoms with Gasteiger partial charge in [-0.15, -0.1) is 11.6 Å². The van der Waals surface area contributed by atoms with Crippen molar-refractivity contribution in [2.75, 3.05) is 19.0 Å². The molecule has 0 aliphatic rings. The van der Waals surface area contributed by atoms with Crippen molar-refractivity contribution < 1.29 is 0 Å². The Kier molecular flexibility index (Phi) is 5.77. The van der Waals surface area contributed by atoms with Crippen LogP contribution >= 0.6 is 34.8 Å². The molecular weight excluding hydrogens is 252 g/mol. The first-order valence-corrected chi connectivity index (χ1v) is 6.18. The number of hydrogen-bond donors (Lipinski definition) is 0. The molecule has 0 radical (unpaired) electrons. The first-order valence-electron chi connectivity index (χ1n) is 4.89. The Labute approximate surface area is 106 Å². The maximum absolute atomic E-state index is 6.09. The first kappa shape index (κ1) is 13.1. The summed E-state index contributed by atoms with van der Waals surface area (Å²) in [6, 6.07) is 5.59. The van der Waals surface area contributed by atoms with E-state index in [1.807, 2.05) is 12.1 Å². The van der Waals surface area contributed by atoms with Crippen LogP contribution < -0.4 is 0 Å². The zero-order chi connectivity index (χ0) is 11.3. The lowest BCUT2D eigenvalue weighted by Gasteiger charge is -2.19. The van der Waals surface area contributed by atoms with Gasteiger partial charge >= 0.3 is 0 Å². The quantitative estimate of drug-likeness (QED) is 0.727. The van der Waals surface area contributed by atoms with E-state index in [2.05, 4.69) is 11.8 Å². The molecule has 0 heterocycles. The lowest BCUT2D eigenvalue weighted by Crippen LogP contribution is -2.25. The summed E-state index contributed by atoms with van der Waals surface area (Å²) in [5.74, 6) is 0.638. The minimum atomic E-state index is 0.638. The second-order valence-electron chi connectivity index (χ2n) is 3.29. The van der Waals surface area contributed by atoms with Gasteiger partial charge in [-0.2, -0.15) is 0 Å². The van der Waals surface area contributed by atoms with E-state index in [1.165, 1.54) is 0 Å². The van der Waals surface area contributed by atoms with Gasteiger partial charge < -0.3 is 0 Å². The molecule has 0 atom stereocenters. The van der Waals surface area contributed by atoms with E-state index in [1.54, 1.807) is 6.07 Å². The molecule has 0 bridgehead atoms. The van der Waals surface area contributed by atoms with Gasteiger partial charge in [0.1, 0.15) is 0 Å². The molecule has 1 rings (SSSR count). The third kappa shape index (κ3) is 4.20. The van der Waals surface area contributed by atoms with Gasteiger partial charge in [0.05, 0.1) is 0 Å². The average molecular weight is 267 g/mol. The van der Waals surface area contributed by atoms with E-state index in [-0.39, 0.29) is 0 Å². The van der Waals surface area contributed by atoms with Gasteiger partial charge in [0.15, 0.2) is 0 Å². The van der Waals surface area contributed by atoms with Gasteiger partial charge in [0.2, 0.25) is 0 Å². The summed E-state index contributed by atoms with van der Waals surface area (Å²) in [6.07, 6.45) is 0. The molecule has 0 N–H and O–H groups in total. The minimum absolute atomic E-state index is 0.638. The molecule has 15 heavy (non-hydrogen) atoms. The molecule has 1 aromatic carbocycles. The highest BCUT2D eigenvalue weighted by molar-refractivity contribution is 6.35. The Balaban J connectivity index is 2.70. The Morgan fingerprint density at radius 3 is 2.53 bits per heavy atom.